The van der Waals surface area contributed by atoms with Crippen LogP contribution in [0.3, 0.4) is 0 Å². The van der Waals surface area contributed by atoms with E-state index in [-0.39, 0.29) is 6.10 Å². The number of likely N-dealkylation sites (N-methyl/N-ethyl adjacent to an activating group) is 1. The largest absolute Gasteiger partial charge is 0.442 e. The number of hydrogen-bond donors (Lipinski definition) is 0. The number of benzene rings is 1. The standard InChI is InChI=1S/C18H15F3N4O3/c1-24-8-12(27-18(24)26)9-25-15-4-11(6-22-14(15)7-23-25)10-2-3-13(19)16(5-10)28-17(20)21/h2-7,12,17H,8-9H2,1H3/t12-/m1/s1. The van der Waals surface area contributed by atoms with Crippen molar-refractivity contribution in [2.45, 2.75) is 19.3 Å². The number of cyclic esters (lactones) is 1. The van der Waals surface area contributed by atoms with E-state index in [1.807, 2.05) is 0 Å². The minimum Gasteiger partial charge on any atom is -0.442 e. The molecule has 0 radical (unpaired) electrons. The number of alkyl halides is 2. The lowest BCUT2D eigenvalue weighted by atomic mass is 10.1. The average Bonchev–Trinajstić information content (AvgIpc) is 3.19. The van der Waals surface area contributed by atoms with E-state index in [4.69, 9.17) is 4.74 Å². The van der Waals surface area contributed by atoms with Gasteiger partial charge in [0, 0.05) is 18.8 Å². The van der Waals surface area contributed by atoms with E-state index in [0.29, 0.717) is 35.2 Å². The Labute approximate surface area is 157 Å². The molecule has 146 valence electrons. The summed E-state index contributed by atoms with van der Waals surface area (Å²) < 4.78 is 49.7. The van der Waals surface area contributed by atoms with Crippen molar-refractivity contribution in [3.05, 3.63) is 42.5 Å². The fraction of sp³-hybridized carbons (Fsp3) is 0.278. The van der Waals surface area contributed by atoms with Crippen LogP contribution in [0.5, 0.6) is 5.75 Å². The molecule has 1 atom stereocenters. The number of hydrogen-bond acceptors (Lipinski definition) is 5. The second-order valence-corrected chi connectivity index (χ2v) is 6.37. The van der Waals surface area contributed by atoms with Crippen LogP contribution in [0.15, 0.2) is 36.7 Å². The monoisotopic (exact) mass is 392 g/mol. The molecule has 1 fully saturated rings. The van der Waals surface area contributed by atoms with Gasteiger partial charge in [0.25, 0.3) is 0 Å². The molecule has 7 nitrogen and oxygen atoms in total. The summed E-state index contributed by atoms with van der Waals surface area (Å²) in [7, 11) is 1.65. The van der Waals surface area contributed by atoms with Crippen LogP contribution in [-0.2, 0) is 11.3 Å². The molecule has 10 heteroatoms. The fourth-order valence-electron chi connectivity index (χ4n) is 3.07. The lowest BCUT2D eigenvalue weighted by Gasteiger charge is -2.10. The van der Waals surface area contributed by atoms with Crippen LogP contribution < -0.4 is 4.74 Å². The molecular formula is C18H15F3N4O3. The van der Waals surface area contributed by atoms with E-state index in [9.17, 15) is 18.0 Å². The molecule has 0 bridgehead atoms. The highest BCUT2D eigenvalue weighted by molar-refractivity contribution is 5.80. The van der Waals surface area contributed by atoms with Gasteiger partial charge in [-0.25, -0.2) is 9.18 Å². The Morgan fingerprint density at radius 1 is 1.29 bits per heavy atom. The van der Waals surface area contributed by atoms with Gasteiger partial charge < -0.3 is 14.4 Å². The molecule has 2 aromatic heterocycles. The van der Waals surface area contributed by atoms with Crippen molar-refractivity contribution in [3.63, 3.8) is 0 Å². The number of aromatic nitrogens is 3. The zero-order chi connectivity index (χ0) is 19.8. The Bertz CT molecular complexity index is 1040. The van der Waals surface area contributed by atoms with Crippen molar-refractivity contribution in [3.8, 4) is 16.9 Å². The van der Waals surface area contributed by atoms with Crippen LogP contribution in [0.4, 0.5) is 18.0 Å². The highest BCUT2D eigenvalue weighted by atomic mass is 19.3. The molecule has 1 amide bonds. The quantitative estimate of drug-likeness (QED) is 0.667. The highest BCUT2D eigenvalue weighted by Crippen LogP contribution is 2.29. The molecule has 4 rings (SSSR count). The van der Waals surface area contributed by atoms with Gasteiger partial charge in [0.15, 0.2) is 11.6 Å². The molecule has 1 aliphatic heterocycles. The third-order valence-corrected chi connectivity index (χ3v) is 4.41. The van der Waals surface area contributed by atoms with Gasteiger partial charge in [-0.3, -0.25) is 9.67 Å². The van der Waals surface area contributed by atoms with Crippen molar-refractivity contribution >= 4 is 17.1 Å². The topological polar surface area (TPSA) is 69.5 Å². The summed E-state index contributed by atoms with van der Waals surface area (Å²) in [5.74, 6) is -1.42. The predicted octanol–water partition coefficient (Wildman–Crippen LogP) is 3.29. The zero-order valence-corrected chi connectivity index (χ0v) is 14.7. The van der Waals surface area contributed by atoms with Crippen LogP contribution in [0.2, 0.25) is 0 Å². The first-order chi connectivity index (χ1) is 13.4. The smallest absolute Gasteiger partial charge is 0.410 e. The normalized spacial score (nSPS) is 16.8. The van der Waals surface area contributed by atoms with Gasteiger partial charge in [0.1, 0.15) is 11.6 Å². The number of carbonyl (C=O) groups is 1. The van der Waals surface area contributed by atoms with Gasteiger partial charge >= 0.3 is 12.7 Å². The summed E-state index contributed by atoms with van der Waals surface area (Å²) in [5.41, 5.74) is 2.33. The summed E-state index contributed by atoms with van der Waals surface area (Å²) >= 11 is 0. The highest BCUT2D eigenvalue weighted by Gasteiger charge is 2.29. The maximum atomic E-state index is 13.7. The summed E-state index contributed by atoms with van der Waals surface area (Å²) in [5, 5.41) is 4.28. The van der Waals surface area contributed by atoms with E-state index in [0.717, 1.165) is 6.07 Å². The molecule has 28 heavy (non-hydrogen) atoms. The van der Waals surface area contributed by atoms with Crippen LogP contribution >= 0.6 is 0 Å². The Balaban J connectivity index is 1.65. The summed E-state index contributed by atoms with van der Waals surface area (Å²) in [6.07, 6.45) is 2.38. The van der Waals surface area contributed by atoms with E-state index in [1.165, 1.54) is 23.2 Å². The minimum absolute atomic E-state index is 0.341. The number of nitrogens with zero attached hydrogens (tertiary/aromatic N) is 4. The van der Waals surface area contributed by atoms with Crippen LogP contribution in [-0.4, -0.2) is 52.1 Å². The second kappa shape index (κ2) is 7.02. The van der Waals surface area contributed by atoms with E-state index >= 15 is 0 Å². The maximum Gasteiger partial charge on any atom is 0.410 e. The molecular weight excluding hydrogens is 377 g/mol. The molecule has 1 aliphatic rings. The molecule has 0 unspecified atom stereocenters. The number of amides is 1. The number of fused-ring (bicyclic) bond motifs is 1. The van der Waals surface area contributed by atoms with Crippen LogP contribution in [0.25, 0.3) is 22.2 Å². The van der Waals surface area contributed by atoms with E-state index in [1.54, 1.807) is 24.0 Å². The molecule has 0 saturated carbocycles. The number of pyridine rings is 1. The number of ether oxygens (including phenoxy) is 2. The van der Waals surface area contributed by atoms with E-state index < -0.39 is 24.3 Å². The number of halogens is 3. The Hall–Kier alpha value is -3.30. The van der Waals surface area contributed by atoms with Gasteiger partial charge in [-0.15, -0.1) is 0 Å². The predicted molar refractivity (Wildman–Crippen MR) is 92.5 cm³/mol. The third-order valence-electron chi connectivity index (χ3n) is 4.41. The zero-order valence-electron chi connectivity index (χ0n) is 14.7. The van der Waals surface area contributed by atoms with Gasteiger partial charge in [0.2, 0.25) is 0 Å². The summed E-state index contributed by atoms with van der Waals surface area (Å²) in [6, 6.07) is 5.46. The first-order valence-corrected chi connectivity index (χ1v) is 8.39. The summed E-state index contributed by atoms with van der Waals surface area (Å²) in [6.45, 7) is -2.34. The molecule has 3 aromatic rings. The number of carbonyl (C=O) groups excluding carboxylic acids is 1. The lowest BCUT2D eigenvalue weighted by molar-refractivity contribution is -0.0521. The van der Waals surface area contributed by atoms with Crippen molar-refractivity contribution < 1.29 is 27.4 Å². The first-order valence-electron chi connectivity index (χ1n) is 8.39. The Morgan fingerprint density at radius 2 is 2.11 bits per heavy atom. The van der Waals surface area contributed by atoms with Gasteiger partial charge in [-0.2, -0.15) is 13.9 Å². The second-order valence-electron chi connectivity index (χ2n) is 6.37. The number of rotatable bonds is 5. The minimum atomic E-state index is -3.13. The first kappa shape index (κ1) is 18.1. The van der Waals surface area contributed by atoms with Crippen molar-refractivity contribution in [1.82, 2.24) is 19.7 Å². The van der Waals surface area contributed by atoms with Gasteiger partial charge in [-0.05, 0) is 23.8 Å². The Kier molecular flexibility index (Phi) is 4.54. The molecule has 0 aliphatic carbocycles. The van der Waals surface area contributed by atoms with Gasteiger partial charge in [-0.1, -0.05) is 6.07 Å². The lowest BCUT2D eigenvalue weighted by Crippen LogP contribution is -2.22. The average molecular weight is 392 g/mol. The third kappa shape index (κ3) is 3.45. The van der Waals surface area contributed by atoms with Crippen molar-refractivity contribution in [2.24, 2.45) is 0 Å². The van der Waals surface area contributed by atoms with E-state index in [2.05, 4.69) is 14.8 Å². The van der Waals surface area contributed by atoms with Gasteiger partial charge in [0.05, 0.1) is 24.8 Å². The molecule has 0 spiro atoms. The molecule has 1 aromatic carbocycles. The maximum absolute atomic E-state index is 13.7. The van der Waals surface area contributed by atoms with Crippen molar-refractivity contribution in [1.29, 1.82) is 0 Å². The van der Waals surface area contributed by atoms with Crippen molar-refractivity contribution in [2.75, 3.05) is 13.6 Å². The fourth-order valence-corrected chi connectivity index (χ4v) is 3.07. The Morgan fingerprint density at radius 3 is 2.82 bits per heavy atom. The molecule has 0 N–H and O–H groups in total. The van der Waals surface area contributed by atoms with Crippen LogP contribution in [0, 0.1) is 5.82 Å². The van der Waals surface area contributed by atoms with Crippen LogP contribution in [0.1, 0.15) is 0 Å². The SMILES string of the molecule is CN1C[C@H](Cn2ncc3ncc(-c4ccc(F)c(OC(F)F)c4)cc32)OC1=O. The summed E-state index contributed by atoms with van der Waals surface area (Å²) in [4.78, 5) is 17.3. The molecule has 3 heterocycles. The molecule has 1 saturated heterocycles.